The summed E-state index contributed by atoms with van der Waals surface area (Å²) in [6.07, 6.45) is -0.572. The third kappa shape index (κ3) is 2.97. The van der Waals surface area contributed by atoms with Gasteiger partial charge >= 0.3 is 0 Å². The minimum atomic E-state index is -0.565. The summed E-state index contributed by atoms with van der Waals surface area (Å²) in [5, 5.41) is 12.5. The van der Waals surface area contributed by atoms with Crippen molar-refractivity contribution in [2.45, 2.75) is 51.5 Å². The molecule has 0 saturated carbocycles. The lowest BCUT2D eigenvalue weighted by Gasteiger charge is -2.21. The third-order valence-corrected chi connectivity index (χ3v) is 3.06. The fourth-order valence-corrected chi connectivity index (χ4v) is 2.34. The number of aliphatic hydroxyl groups is 1. The highest BCUT2D eigenvalue weighted by atomic mass is 16.6. The summed E-state index contributed by atoms with van der Waals surface area (Å²) in [5.41, 5.74) is -0.0288. The number of fused-ring (bicyclic) bond motifs is 1. The summed E-state index contributed by atoms with van der Waals surface area (Å²) in [5.74, 6) is 0.0109. The number of nitrogens with one attached hydrogen (secondary N) is 1. The molecule has 5 nitrogen and oxygen atoms in total. The fourth-order valence-electron chi connectivity index (χ4n) is 2.34. The zero-order valence-corrected chi connectivity index (χ0v) is 10.6. The molecule has 0 aromatic rings. The highest BCUT2D eigenvalue weighted by Gasteiger charge is 2.47. The van der Waals surface area contributed by atoms with Crippen molar-refractivity contribution in [2.24, 2.45) is 5.41 Å². The van der Waals surface area contributed by atoms with Gasteiger partial charge in [-0.25, -0.2) is 0 Å². The van der Waals surface area contributed by atoms with Gasteiger partial charge < -0.3 is 19.9 Å². The minimum Gasteiger partial charge on any atom is -0.388 e. The summed E-state index contributed by atoms with van der Waals surface area (Å²) in [7, 11) is 0. The Kier molecular flexibility index (Phi) is 3.43. The van der Waals surface area contributed by atoms with Crippen LogP contribution < -0.4 is 5.32 Å². The van der Waals surface area contributed by atoms with Crippen molar-refractivity contribution in [3.8, 4) is 0 Å². The number of rotatable bonds is 2. The largest absolute Gasteiger partial charge is 0.388 e. The number of carbonyl (C=O) groups is 1. The van der Waals surface area contributed by atoms with Gasteiger partial charge in [-0.2, -0.15) is 0 Å². The van der Waals surface area contributed by atoms with Gasteiger partial charge in [0, 0.05) is 6.42 Å². The number of hydrogen-bond donors (Lipinski definition) is 2. The van der Waals surface area contributed by atoms with Crippen molar-refractivity contribution in [2.75, 3.05) is 13.2 Å². The van der Waals surface area contributed by atoms with Crippen LogP contribution >= 0.6 is 0 Å². The van der Waals surface area contributed by atoms with Gasteiger partial charge in [-0.05, 0) is 5.41 Å². The molecule has 2 rings (SSSR count). The second-order valence-electron chi connectivity index (χ2n) is 6.07. The minimum absolute atomic E-state index is 0.0109. The van der Waals surface area contributed by atoms with Gasteiger partial charge in [0.25, 0.3) is 0 Å². The van der Waals surface area contributed by atoms with Crippen molar-refractivity contribution < 1.29 is 19.4 Å². The standard InChI is InChI=1S/C12H21NO4/c1-12(2,3)4-9(15)13-7-5-16-11-8(14)6-17-10(7)11/h7-8,10-11,14H,4-6H2,1-3H3,(H,13,15). The first-order valence-corrected chi connectivity index (χ1v) is 6.07. The summed E-state index contributed by atoms with van der Waals surface area (Å²) < 4.78 is 10.9. The first-order chi connectivity index (χ1) is 7.87. The Labute approximate surface area is 101 Å². The molecule has 0 radical (unpaired) electrons. The van der Waals surface area contributed by atoms with Crippen molar-refractivity contribution in [1.29, 1.82) is 0 Å². The second-order valence-corrected chi connectivity index (χ2v) is 6.07. The Hall–Kier alpha value is -0.650. The molecule has 0 aromatic heterocycles. The molecule has 0 aliphatic carbocycles. The van der Waals surface area contributed by atoms with E-state index in [-0.39, 0.29) is 29.6 Å². The molecule has 0 spiro atoms. The number of carbonyl (C=O) groups excluding carboxylic acids is 1. The Morgan fingerprint density at radius 3 is 2.59 bits per heavy atom. The smallest absolute Gasteiger partial charge is 0.220 e. The van der Waals surface area contributed by atoms with Crippen LogP contribution in [0.15, 0.2) is 0 Å². The molecule has 2 aliphatic heterocycles. The maximum atomic E-state index is 11.8. The van der Waals surface area contributed by atoms with Crippen molar-refractivity contribution in [1.82, 2.24) is 5.32 Å². The Morgan fingerprint density at radius 2 is 1.94 bits per heavy atom. The molecule has 5 heteroatoms. The molecular formula is C12H21NO4. The quantitative estimate of drug-likeness (QED) is 0.720. The van der Waals surface area contributed by atoms with E-state index in [0.717, 1.165) is 0 Å². The van der Waals surface area contributed by atoms with E-state index in [0.29, 0.717) is 19.6 Å². The SMILES string of the molecule is CC(C)(C)CC(=O)NC1COC2C(O)COC12. The number of aliphatic hydroxyl groups excluding tert-OH is 1. The molecule has 2 fully saturated rings. The van der Waals surface area contributed by atoms with E-state index in [1.54, 1.807) is 0 Å². The predicted molar refractivity (Wildman–Crippen MR) is 61.5 cm³/mol. The van der Waals surface area contributed by atoms with E-state index in [9.17, 15) is 9.90 Å². The average molecular weight is 243 g/mol. The van der Waals surface area contributed by atoms with Gasteiger partial charge in [0.2, 0.25) is 5.91 Å². The van der Waals surface area contributed by atoms with Crippen LogP contribution in [0.3, 0.4) is 0 Å². The first-order valence-electron chi connectivity index (χ1n) is 6.07. The lowest BCUT2D eigenvalue weighted by molar-refractivity contribution is -0.124. The highest BCUT2D eigenvalue weighted by molar-refractivity contribution is 5.77. The summed E-state index contributed by atoms with van der Waals surface area (Å²) >= 11 is 0. The Balaban J connectivity index is 1.86. The van der Waals surface area contributed by atoms with Gasteiger partial charge in [-0.15, -0.1) is 0 Å². The van der Waals surface area contributed by atoms with Gasteiger partial charge in [-0.3, -0.25) is 4.79 Å². The number of amides is 1. The van der Waals surface area contributed by atoms with Crippen LogP contribution in [0.4, 0.5) is 0 Å². The van der Waals surface area contributed by atoms with Crippen LogP contribution in [0.2, 0.25) is 0 Å². The molecule has 4 unspecified atom stereocenters. The van der Waals surface area contributed by atoms with E-state index in [1.807, 2.05) is 20.8 Å². The molecule has 17 heavy (non-hydrogen) atoms. The normalized spacial score (nSPS) is 36.9. The van der Waals surface area contributed by atoms with E-state index in [2.05, 4.69) is 5.32 Å². The van der Waals surface area contributed by atoms with Gasteiger partial charge in [0.05, 0.1) is 19.3 Å². The monoisotopic (exact) mass is 243 g/mol. The Bertz CT molecular complexity index is 299. The van der Waals surface area contributed by atoms with E-state index in [1.165, 1.54) is 0 Å². The van der Waals surface area contributed by atoms with Crippen molar-refractivity contribution >= 4 is 5.91 Å². The van der Waals surface area contributed by atoms with Gasteiger partial charge in [-0.1, -0.05) is 20.8 Å². The molecule has 2 aliphatic rings. The highest BCUT2D eigenvalue weighted by Crippen LogP contribution is 2.27. The molecular weight excluding hydrogens is 222 g/mol. The number of hydrogen-bond acceptors (Lipinski definition) is 4. The van der Waals surface area contributed by atoms with E-state index >= 15 is 0 Å². The molecule has 1 amide bonds. The van der Waals surface area contributed by atoms with Crippen molar-refractivity contribution in [3.05, 3.63) is 0 Å². The lowest BCUT2D eigenvalue weighted by Crippen LogP contribution is -2.45. The van der Waals surface area contributed by atoms with Crippen LogP contribution in [-0.4, -0.2) is 48.6 Å². The number of ether oxygens (including phenoxy) is 2. The van der Waals surface area contributed by atoms with Crippen LogP contribution in [0, 0.1) is 5.41 Å². The predicted octanol–water partition coefficient (Wildman–Crippen LogP) is 0.0659. The summed E-state index contributed by atoms with van der Waals surface area (Å²) in [4.78, 5) is 11.8. The average Bonchev–Trinajstić information content (AvgIpc) is 2.69. The van der Waals surface area contributed by atoms with Crippen molar-refractivity contribution in [3.63, 3.8) is 0 Å². The van der Waals surface area contributed by atoms with Crippen LogP contribution in [0.1, 0.15) is 27.2 Å². The van der Waals surface area contributed by atoms with Crippen LogP contribution in [-0.2, 0) is 14.3 Å². The van der Waals surface area contributed by atoms with Gasteiger partial charge in [0.1, 0.15) is 18.3 Å². The van der Waals surface area contributed by atoms with E-state index in [4.69, 9.17) is 9.47 Å². The maximum Gasteiger partial charge on any atom is 0.220 e. The zero-order valence-electron chi connectivity index (χ0n) is 10.6. The fraction of sp³-hybridized carbons (Fsp3) is 0.917. The van der Waals surface area contributed by atoms with Crippen LogP contribution in [0.5, 0.6) is 0 Å². The zero-order chi connectivity index (χ0) is 12.6. The summed E-state index contributed by atoms with van der Waals surface area (Å²) in [6, 6.07) is -0.132. The van der Waals surface area contributed by atoms with Gasteiger partial charge in [0.15, 0.2) is 0 Å². The molecule has 0 bridgehead atoms. The molecule has 2 N–H and O–H groups in total. The van der Waals surface area contributed by atoms with E-state index < -0.39 is 6.10 Å². The molecule has 2 heterocycles. The Morgan fingerprint density at radius 1 is 1.29 bits per heavy atom. The lowest BCUT2D eigenvalue weighted by atomic mass is 9.91. The summed E-state index contributed by atoms with van der Waals surface area (Å²) in [6.45, 7) is 6.78. The first kappa shape index (κ1) is 12.8. The third-order valence-electron chi connectivity index (χ3n) is 3.06. The second kappa shape index (κ2) is 4.55. The molecule has 98 valence electrons. The molecule has 4 atom stereocenters. The molecule has 0 aromatic carbocycles. The topological polar surface area (TPSA) is 67.8 Å². The maximum absolute atomic E-state index is 11.8. The van der Waals surface area contributed by atoms with Crippen LogP contribution in [0.25, 0.3) is 0 Å². The molecule has 2 saturated heterocycles.